The molecule has 1 atom stereocenters. The first-order chi connectivity index (χ1) is 11.6. The summed E-state index contributed by atoms with van der Waals surface area (Å²) in [5.41, 5.74) is 0.943. The van der Waals surface area contributed by atoms with Gasteiger partial charge in [0.1, 0.15) is 6.04 Å². The SMILES string of the molecule is CC(NC(=O)Nc1ccncc1F)c1ncc(-c2ccccc2)o1. The second-order valence-corrected chi connectivity index (χ2v) is 5.10. The van der Waals surface area contributed by atoms with Gasteiger partial charge in [-0.2, -0.15) is 0 Å². The lowest BCUT2D eigenvalue weighted by Crippen LogP contribution is -2.31. The molecule has 0 radical (unpaired) electrons. The first-order valence-electron chi connectivity index (χ1n) is 7.31. The highest BCUT2D eigenvalue weighted by Gasteiger charge is 2.16. The van der Waals surface area contributed by atoms with Gasteiger partial charge in [0.05, 0.1) is 18.1 Å². The highest BCUT2D eigenvalue weighted by atomic mass is 19.1. The van der Waals surface area contributed by atoms with E-state index in [4.69, 9.17) is 4.42 Å². The van der Waals surface area contributed by atoms with Crippen LogP contribution in [0.25, 0.3) is 11.3 Å². The molecule has 2 aromatic heterocycles. The minimum absolute atomic E-state index is 0.0482. The molecule has 3 aromatic rings. The number of pyridine rings is 1. The van der Waals surface area contributed by atoms with E-state index < -0.39 is 17.9 Å². The van der Waals surface area contributed by atoms with Crippen molar-refractivity contribution in [2.24, 2.45) is 0 Å². The molecule has 122 valence electrons. The van der Waals surface area contributed by atoms with E-state index in [1.54, 1.807) is 13.1 Å². The van der Waals surface area contributed by atoms with Crippen LogP contribution in [-0.2, 0) is 0 Å². The summed E-state index contributed by atoms with van der Waals surface area (Å²) in [6.45, 7) is 1.73. The Morgan fingerprint density at radius 2 is 2.00 bits per heavy atom. The van der Waals surface area contributed by atoms with Crippen molar-refractivity contribution < 1.29 is 13.6 Å². The number of oxazole rings is 1. The summed E-state index contributed by atoms with van der Waals surface area (Å²) in [5, 5.41) is 5.06. The molecule has 2 N–H and O–H groups in total. The Labute approximate surface area is 137 Å². The van der Waals surface area contributed by atoms with Gasteiger partial charge in [-0.15, -0.1) is 0 Å². The van der Waals surface area contributed by atoms with Crippen LogP contribution in [0, 0.1) is 5.82 Å². The normalized spacial score (nSPS) is 11.8. The molecular weight excluding hydrogens is 311 g/mol. The summed E-state index contributed by atoms with van der Waals surface area (Å²) in [7, 11) is 0. The Balaban J connectivity index is 1.65. The van der Waals surface area contributed by atoms with E-state index in [0.29, 0.717) is 11.7 Å². The highest BCUT2D eigenvalue weighted by Crippen LogP contribution is 2.22. The van der Waals surface area contributed by atoms with Crippen LogP contribution in [0.3, 0.4) is 0 Å². The van der Waals surface area contributed by atoms with Crippen LogP contribution in [0.2, 0.25) is 0 Å². The third kappa shape index (κ3) is 3.57. The molecule has 0 saturated heterocycles. The van der Waals surface area contributed by atoms with Crippen LogP contribution >= 0.6 is 0 Å². The zero-order valence-corrected chi connectivity index (χ0v) is 12.9. The number of amides is 2. The molecule has 2 amide bonds. The largest absolute Gasteiger partial charge is 0.438 e. The zero-order valence-electron chi connectivity index (χ0n) is 12.9. The molecule has 0 saturated carbocycles. The minimum atomic E-state index is -0.609. The first-order valence-corrected chi connectivity index (χ1v) is 7.31. The number of nitrogens with zero attached hydrogens (tertiary/aromatic N) is 2. The number of hydrogen-bond donors (Lipinski definition) is 2. The van der Waals surface area contributed by atoms with Gasteiger partial charge in [-0.25, -0.2) is 14.2 Å². The average molecular weight is 326 g/mol. The van der Waals surface area contributed by atoms with Crippen molar-refractivity contribution >= 4 is 11.7 Å². The molecular formula is C17H15FN4O2. The van der Waals surface area contributed by atoms with E-state index in [1.165, 1.54) is 12.3 Å². The minimum Gasteiger partial charge on any atom is -0.438 e. The number of hydrogen-bond acceptors (Lipinski definition) is 4. The van der Waals surface area contributed by atoms with Crippen LogP contribution < -0.4 is 10.6 Å². The Bertz CT molecular complexity index is 835. The van der Waals surface area contributed by atoms with E-state index in [0.717, 1.165) is 11.8 Å². The van der Waals surface area contributed by atoms with Crippen LogP contribution in [0.15, 0.2) is 59.4 Å². The van der Waals surface area contributed by atoms with E-state index in [2.05, 4.69) is 20.6 Å². The lowest BCUT2D eigenvalue weighted by Gasteiger charge is -2.12. The molecule has 0 aliphatic heterocycles. The fraction of sp³-hybridized carbons (Fsp3) is 0.118. The predicted molar refractivity (Wildman–Crippen MR) is 86.7 cm³/mol. The number of halogens is 1. The molecule has 0 bridgehead atoms. The summed E-state index contributed by atoms with van der Waals surface area (Å²) in [6.07, 6.45) is 4.02. The predicted octanol–water partition coefficient (Wildman–Crippen LogP) is 3.76. The average Bonchev–Trinajstić information content (AvgIpc) is 3.08. The van der Waals surface area contributed by atoms with Gasteiger partial charge < -0.3 is 15.1 Å². The van der Waals surface area contributed by atoms with Gasteiger partial charge in [0.15, 0.2) is 11.6 Å². The number of carbonyl (C=O) groups excluding carboxylic acids is 1. The summed E-state index contributed by atoms with van der Waals surface area (Å²) in [4.78, 5) is 19.7. The summed E-state index contributed by atoms with van der Waals surface area (Å²) < 4.78 is 19.1. The van der Waals surface area contributed by atoms with Crippen LogP contribution in [-0.4, -0.2) is 16.0 Å². The third-order valence-electron chi connectivity index (χ3n) is 3.32. The molecule has 2 heterocycles. The van der Waals surface area contributed by atoms with Crippen LogP contribution in [0.1, 0.15) is 18.9 Å². The topological polar surface area (TPSA) is 80.0 Å². The van der Waals surface area contributed by atoms with Crippen LogP contribution in [0.4, 0.5) is 14.9 Å². The molecule has 1 aromatic carbocycles. The van der Waals surface area contributed by atoms with Gasteiger partial charge in [0, 0.05) is 11.8 Å². The third-order valence-corrected chi connectivity index (χ3v) is 3.32. The number of aromatic nitrogens is 2. The quantitative estimate of drug-likeness (QED) is 0.765. The van der Waals surface area contributed by atoms with Gasteiger partial charge in [0.2, 0.25) is 5.89 Å². The Morgan fingerprint density at radius 3 is 2.75 bits per heavy atom. The Morgan fingerprint density at radius 1 is 1.21 bits per heavy atom. The van der Waals surface area contributed by atoms with Gasteiger partial charge in [0.25, 0.3) is 0 Å². The number of carbonyl (C=O) groups is 1. The molecule has 24 heavy (non-hydrogen) atoms. The number of nitrogens with one attached hydrogen (secondary N) is 2. The van der Waals surface area contributed by atoms with Gasteiger partial charge >= 0.3 is 6.03 Å². The van der Waals surface area contributed by atoms with Gasteiger partial charge in [-0.05, 0) is 13.0 Å². The first kappa shape index (κ1) is 15.7. The van der Waals surface area contributed by atoms with Crippen molar-refractivity contribution in [3.05, 3.63) is 66.7 Å². The fourth-order valence-electron chi connectivity index (χ4n) is 2.12. The van der Waals surface area contributed by atoms with Crippen molar-refractivity contribution in [3.8, 4) is 11.3 Å². The summed E-state index contributed by atoms with van der Waals surface area (Å²) in [5.74, 6) is 0.363. The van der Waals surface area contributed by atoms with E-state index in [9.17, 15) is 9.18 Å². The van der Waals surface area contributed by atoms with Crippen molar-refractivity contribution in [1.82, 2.24) is 15.3 Å². The highest BCUT2D eigenvalue weighted by molar-refractivity contribution is 5.89. The van der Waals surface area contributed by atoms with Crippen molar-refractivity contribution in [3.63, 3.8) is 0 Å². The molecule has 0 spiro atoms. The molecule has 6 nitrogen and oxygen atoms in total. The van der Waals surface area contributed by atoms with Gasteiger partial charge in [-0.1, -0.05) is 30.3 Å². The maximum Gasteiger partial charge on any atom is 0.319 e. The molecule has 3 rings (SSSR count). The van der Waals surface area contributed by atoms with E-state index in [-0.39, 0.29) is 5.69 Å². The second kappa shape index (κ2) is 6.91. The number of anilines is 1. The maximum atomic E-state index is 13.5. The smallest absolute Gasteiger partial charge is 0.319 e. The van der Waals surface area contributed by atoms with Crippen molar-refractivity contribution in [1.29, 1.82) is 0 Å². The number of benzene rings is 1. The number of rotatable bonds is 4. The molecule has 1 unspecified atom stereocenters. The fourth-order valence-corrected chi connectivity index (χ4v) is 2.12. The Kier molecular flexibility index (Phi) is 4.51. The zero-order chi connectivity index (χ0) is 16.9. The van der Waals surface area contributed by atoms with E-state index in [1.807, 2.05) is 30.3 Å². The second-order valence-electron chi connectivity index (χ2n) is 5.10. The maximum absolute atomic E-state index is 13.5. The summed E-state index contributed by atoms with van der Waals surface area (Å²) >= 11 is 0. The Hall–Kier alpha value is -3.22. The van der Waals surface area contributed by atoms with Crippen molar-refractivity contribution in [2.45, 2.75) is 13.0 Å². The standard InChI is InChI=1S/C17H15FN4O2/c1-11(21-17(23)22-14-7-8-19-9-13(14)18)16-20-10-15(24-16)12-5-3-2-4-6-12/h2-11H,1H3,(H2,19,21,22,23). The van der Waals surface area contributed by atoms with Gasteiger partial charge in [-0.3, -0.25) is 4.98 Å². The summed E-state index contributed by atoms with van der Waals surface area (Å²) in [6, 6.07) is 9.85. The number of urea groups is 1. The monoisotopic (exact) mass is 326 g/mol. The molecule has 0 aliphatic carbocycles. The van der Waals surface area contributed by atoms with Crippen molar-refractivity contribution in [2.75, 3.05) is 5.32 Å². The van der Waals surface area contributed by atoms with Crippen LogP contribution in [0.5, 0.6) is 0 Å². The molecule has 0 aliphatic rings. The van der Waals surface area contributed by atoms with E-state index >= 15 is 0 Å². The molecule has 7 heteroatoms. The lowest BCUT2D eigenvalue weighted by molar-refractivity contribution is 0.247. The lowest BCUT2D eigenvalue weighted by atomic mass is 10.2. The molecule has 0 fully saturated rings.